The van der Waals surface area contributed by atoms with Crippen molar-refractivity contribution in [3.8, 4) is 29.3 Å². The van der Waals surface area contributed by atoms with Crippen molar-refractivity contribution in [3.63, 3.8) is 0 Å². The van der Waals surface area contributed by atoms with Crippen LogP contribution >= 0.6 is 45.3 Å². The van der Waals surface area contributed by atoms with Gasteiger partial charge in [-0.1, -0.05) is 58.5 Å². The molecule has 0 radical (unpaired) electrons. The first kappa shape index (κ1) is 24.2. The topological polar surface area (TPSA) is 0 Å². The molecule has 0 unspecified atom stereocenters. The van der Waals surface area contributed by atoms with E-state index >= 15 is 0 Å². The molecule has 0 saturated carbocycles. The van der Waals surface area contributed by atoms with Crippen molar-refractivity contribution >= 4 is 57.9 Å². The molecular formula is C27H34S4Si. The van der Waals surface area contributed by atoms with E-state index < -0.39 is 8.07 Å². The molecule has 0 bridgehead atoms. The summed E-state index contributed by atoms with van der Waals surface area (Å²) < 4.78 is 1.61. The number of unbranched alkanes of at least 4 members (excludes halogenated alkanes) is 2. The predicted octanol–water partition coefficient (Wildman–Crippen LogP) is 10.2. The van der Waals surface area contributed by atoms with E-state index in [1.54, 1.807) is 10.1 Å². The molecule has 0 amide bonds. The van der Waals surface area contributed by atoms with Gasteiger partial charge in [0.15, 0.2) is 0 Å². The molecule has 0 saturated heterocycles. The fourth-order valence-electron chi connectivity index (χ4n) is 3.89. The first-order chi connectivity index (χ1) is 15.4. The van der Waals surface area contributed by atoms with E-state index in [2.05, 4.69) is 75.3 Å². The summed E-state index contributed by atoms with van der Waals surface area (Å²) in [5.41, 5.74) is 3.09. The van der Waals surface area contributed by atoms with Crippen molar-refractivity contribution in [1.29, 1.82) is 0 Å². The third-order valence-electron chi connectivity index (χ3n) is 5.77. The van der Waals surface area contributed by atoms with E-state index in [4.69, 9.17) is 0 Å². The number of aryl methyl sites for hydroxylation is 2. The van der Waals surface area contributed by atoms with E-state index in [1.807, 2.05) is 45.3 Å². The zero-order valence-corrected chi connectivity index (χ0v) is 24.2. The molecule has 0 aliphatic carbocycles. The fourth-order valence-corrected chi connectivity index (χ4v) is 10.3. The molecule has 0 aromatic carbocycles. The maximum Gasteiger partial charge on any atom is 0.0904 e. The van der Waals surface area contributed by atoms with Crippen LogP contribution in [0.4, 0.5) is 0 Å². The highest BCUT2D eigenvalue weighted by Gasteiger charge is 2.22. The summed E-state index contributed by atoms with van der Waals surface area (Å²) in [6.45, 7) is 12.0. The van der Waals surface area contributed by atoms with Gasteiger partial charge in [0.2, 0.25) is 0 Å². The van der Waals surface area contributed by atoms with E-state index in [1.165, 1.54) is 73.4 Å². The Morgan fingerprint density at radius 1 is 0.688 bits per heavy atom. The van der Waals surface area contributed by atoms with Crippen LogP contribution in [0.2, 0.25) is 19.6 Å². The lowest BCUT2D eigenvalue weighted by molar-refractivity contribution is 0.798. The van der Waals surface area contributed by atoms with E-state index in [0.29, 0.717) is 0 Å². The Labute approximate surface area is 211 Å². The largest absolute Gasteiger partial charge is 0.144 e. The Hall–Kier alpha value is -0.983. The molecule has 170 valence electrons. The second-order valence-corrected chi connectivity index (χ2v) is 19.1. The molecule has 4 aromatic rings. The lowest BCUT2D eigenvalue weighted by atomic mass is 10.1. The predicted molar refractivity (Wildman–Crippen MR) is 154 cm³/mol. The summed E-state index contributed by atoms with van der Waals surface area (Å²) in [5.74, 6) is 0. The lowest BCUT2D eigenvalue weighted by Gasteiger charge is -2.12. The summed E-state index contributed by atoms with van der Waals surface area (Å²) in [6.07, 6.45) is 7.40. The summed E-state index contributed by atoms with van der Waals surface area (Å²) in [4.78, 5) is 8.82. The Bertz CT molecular complexity index is 1140. The number of hydrogen-bond acceptors (Lipinski definition) is 4. The first-order valence-electron chi connectivity index (χ1n) is 11.8. The maximum absolute atomic E-state index is 2.51. The third kappa shape index (κ3) is 5.39. The smallest absolute Gasteiger partial charge is 0.0904 e. The molecule has 32 heavy (non-hydrogen) atoms. The van der Waals surface area contributed by atoms with E-state index in [0.717, 1.165) is 0 Å². The number of thiophene rings is 4. The molecule has 0 aliphatic heterocycles. The average Bonchev–Trinajstić information content (AvgIpc) is 3.54. The normalized spacial score (nSPS) is 12.0. The Kier molecular flexibility index (Phi) is 7.94. The minimum atomic E-state index is -1.27. The first-order valence-corrected chi connectivity index (χ1v) is 18.6. The van der Waals surface area contributed by atoms with Crippen molar-refractivity contribution in [2.75, 3.05) is 0 Å². The fraction of sp³-hybridized carbons (Fsp3) is 0.407. The Morgan fingerprint density at radius 2 is 1.28 bits per heavy atom. The third-order valence-corrected chi connectivity index (χ3v) is 14.2. The second-order valence-electron chi connectivity index (χ2n) is 9.53. The maximum atomic E-state index is 2.51. The van der Waals surface area contributed by atoms with Gasteiger partial charge in [0.25, 0.3) is 0 Å². The van der Waals surface area contributed by atoms with E-state index in [-0.39, 0.29) is 0 Å². The van der Waals surface area contributed by atoms with Gasteiger partial charge in [0.1, 0.15) is 0 Å². The van der Waals surface area contributed by atoms with Gasteiger partial charge in [0.05, 0.1) is 8.07 Å². The zero-order chi connectivity index (χ0) is 22.7. The van der Waals surface area contributed by atoms with Crippen LogP contribution in [0.5, 0.6) is 0 Å². The SMILES string of the molecule is CCCCc1cc(-c2cc(CCCC)c(-c3ccc([Si](C)(C)C)s3)s2)sc1-c1cccs1. The van der Waals surface area contributed by atoms with Crippen LogP contribution in [-0.4, -0.2) is 8.07 Å². The van der Waals surface area contributed by atoms with Gasteiger partial charge >= 0.3 is 0 Å². The standard InChI is InChI=1S/C27H34S4Si/c1-6-8-11-19-17-23(30-26(19)21-13-10-16-28-21)24-18-20(12-9-7-2)27(31-24)22-14-15-25(29-22)32(3,4)5/h10,13-18H,6-9,11-12H2,1-5H3. The molecule has 0 nitrogen and oxygen atoms in total. The molecule has 0 N–H and O–H groups in total. The highest BCUT2D eigenvalue weighted by Crippen LogP contribution is 2.46. The van der Waals surface area contributed by atoms with Gasteiger partial charge in [-0.25, -0.2) is 0 Å². The van der Waals surface area contributed by atoms with Crippen LogP contribution < -0.4 is 4.50 Å². The molecule has 5 heteroatoms. The van der Waals surface area contributed by atoms with Crippen molar-refractivity contribution in [1.82, 2.24) is 0 Å². The molecule has 0 aliphatic rings. The molecule has 4 heterocycles. The highest BCUT2D eigenvalue weighted by atomic mass is 32.1. The van der Waals surface area contributed by atoms with Gasteiger partial charge in [0, 0.05) is 29.3 Å². The van der Waals surface area contributed by atoms with Crippen molar-refractivity contribution in [2.45, 2.75) is 72.0 Å². The summed E-state index contributed by atoms with van der Waals surface area (Å²) >= 11 is 7.94. The second kappa shape index (κ2) is 10.5. The van der Waals surface area contributed by atoms with Crippen LogP contribution in [0.25, 0.3) is 29.3 Å². The van der Waals surface area contributed by atoms with Gasteiger partial charge in [-0.15, -0.1) is 45.3 Å². The zero-order valence-electron chi connectivity index (χ0n) is 19.9. The van der Waals surface area contributed by atoms with Crippen molar-refractivity contribution in [2.24, 2.45) is 0 Å². The monoisotopic (exact) mass is 514 g/mol. The molecule has 4 aromatic heterocycles. The minimum Gasteiger partial charge on any atom is -0.144 e. The van der Waals surface area contributed by atoms with Crippen molar-refractivity contribution in [3.05, 3.63) is 52.9 Å². The van der Waals surface area contributed by atoms with Crippen LogP contribution in [0.1, 0.15) is 50.7 Å². The van der Waals surface area contributed by atoms with E-state index in [9.17, 15) is 0 Å². The van der Waals surface area contributed by atoms with Crippen LogP contribution in [0.15, 0.2) is 41.8 Å². The number of hydrogen-bond donors (Lipinski definition) is 0. The average molecular weight is 515 g/mol. The Morgan fingerprint density at radius 3 is 1.75 bits per heavy atom. The molecule has 0 spiro atoms. The lowest BCUT2D eigenvalue weighted by Crippen LogP contribution is -2.34. The molecule has 0 fully saturated rings. The van der Waals surface area contributed by atoms with Gasteiger partial charge in [-0.3, -0.25) is 0 Å². The molecular weight excluding hydrogens is 481 g/mol. The van der Waals surface area contributed by atoms with Gasteiger partial charge in [-0.2, -0.15) is 0 Å². The quantitative estimate of drug-likeness (QED) is 0.185. The van der Waals surface area contributed by atoms with Gasteiger partial charge < -0.3 is 0 Å². The number of rotatable bonds is 10. The summed E-state index contributed by atoms with van der Waals surface area (Å²) in [7, 11) is -1.27. The van der Waals surface area contributed by atoms with Crippen LogP contribution in [0, 0.1) is 0 Å². The van der Waals surface area contributed by atoms with Crippen LogP contribution in [-0.2, 0) is 12.8 Å². The van der Waals surface area contributed by atoms with Crippen LogP contribution in [0.3, 0.4) is 0 Å². The molecule has 0 atom stereocenters. The summed E-state index contributed by atoms with van der Waals surface area (Å²) in [5, 5.41) is 2.21. The molecule has 4 rings (SSSR count). The summed E-state index contributed by atoms with van der Waals surface area (Å²) in [6, 6.07) is 14.3. The Balaban J connectivity index is 1.75. The highest BCUT2D eigenvalue weighted by molar-refractivity contribution is 7.32. The minimum absolute atomic E-state index is 1.19. The van der Waals surface area contributed by atoms with Gasteiger partial charge in [-0.05, 0) is 71.0 Å². The van der Waals surface area contributed by atoms with Crippen molar-refractivity contribution < 1.29 is 0 Å².